The fourth-order valence-corrected chi connectivity index (χ4v) is 2.32. The van der Waals surface area contributed by atoms with E-state index in [0.29, 0.717) is 5.69 Å². The van der Waals surface area contributed by atoms with Crippen molar-refractivity contribution in [3.05, 3.63) is 18.5 Å². The second-order valence-corrected chi connectivity index (χ2v) is 4.99. The van der Waals surface area contributed by atoms with Gasteiger partial charge < -0.3 is 20.9 Å². The van der Waals surface area contributed by atoms with Crippen molar-refractivity contribution in [2.45, 2.75) is 19.8 Å². The molecular weight excluding hydrogens is 254 g/mol. The number of carbonyl (C=O) groups is 1. The molecule has 0 saturated carbocycles. The topological polar surface area (TPSA) is 74.5 Å². The van der Waals surface area contributed by atoms with Crippen LogP contribution >= 0.6 is 0 Å². The number of nitrogens with two attached hydrogens (primary N) is 1. The molecule has 6 nitrogen and oxygen atoms in total. The SMILES string of the molecule is CCCCNC(=O)N1CCN(c2ccncc2N)CC1. The standard InChI is InChI=1S/C14H23N5O/c1-2-3-5-17-14(20)19-9-7-18(8-10-19)13-4-6-16-11-12(13)15/h4,6,11H,2-3,5,7-10,15H2,1H3,(H,17,20). The molecule has 0 aromatic carbocycles. The van der Waals surface area contributed by atoms with E-state index < -0.39 is 0 Å². The first-order valence-electron chi connectivity index (χ1n) is 7.19. The zero-order valence-corrected chi connectivity index (χ0v) is 12.0. The van der Waals surface area contributed by atoms with Gasteiger partial charge in [0.2, 0.25) is 0 Å². The Labute approximate surface area is 120 Å². The number of nitrogens with one attached hydrogen (secondary N) is 1. The van der Waals surface area contributed by atoms with E-state index in [1.165, 1.54) is 0 Å². The Morgan fingerprint density at radius 2 is 2.15 bits per heavy atom. The minimum Gasteiger partial charge on any atom is -0.396 e. The molecule has 0 spiro atoms. The number of hydrogen-bond donors (Lipinski definition) is 2. The molecular formula is C14H23N5O. The quantitative estimate of drug-likeness (QED) is 0.813. The van der Waals surface area contributed by atoms with Gasteiger partial charge in [-0.25, -0.2) is 4.79 Å². The summed E-state index contributed by atoms with van der Waals surface area (Å²) in [6.07, 6.45) is 5.53. The van der Waals surface area contributed by atoms with Gasteiger partial charge in [0.05, 0.1) is 17.6 Å². The summed E-state index contributed by atoms with van der Waals surface area (Å²) >= 11 is 0. The highest BCUT2D eigenvalue weighted by Gasteiger charge is 2.21. The van der Waals surface area contributed by atoms with Crippen LogP contribution in [0.5, 0.6) is 0 Å². The number of hydrogen-bond acceptors (Lipinski definition) is 4. The average Bonchev–Trinajstić information content (AvgIpc) is 2.48. The van der Waals surface area contributed by atoms with Gasteiger partial charge in [-0.2, -0.15) is 0 Å². The second-order valence-electron chi connectivity index (χ2n) is 4.99. The number of carbonyl (C=O) groups excluding carboxylic acids is 1. The Hall–Kier alpha value is -1.98. The lowest BCUT2D eigenvalue weighted by atomic mass is 10.2. The molecule has 1 saturated heterocycles. The first kappa shape index (κ1) is 14.4. The molecule has 1 aliphatic rings. The maximum absolute atomic E-state index is 11.9. The van der Waals surface area contributed by atoms with E-state index >= 15 is 0 Å². The van der Waals surface area contributed by atoms with Crippen molar-refractivity contribution in [1.29, 1.82) is 0 Å². The van der Waals surface area contributed by atoms with Crippen LogP contribution in [0, 0.1) is 0 Å². The Balaban J connectivity index is 1.83. The summed E-state index contributed by atoms with van der Waals surface area (Å²) in [6.45, 7) is 5.92. The number of urea groups is 1. The summed E-state index contributed by atoms with van der Waals surface area (Å²) in [5.74, 6) is 0. The van der Waals surface area contributed by atoms with Crippen LogP contribution < -0.4 is 16.0 Å². The summed E-state index contributed by atoms with van der Waals surface area (Å²) in [4.78, 5) is 20.0. The molecule has 0 radical (unpaired) electrons. The van der Waals surface area contributed by atoms with Gasteiger partial charge in [-0.3, -0.25) is 4.98 Å². The summed E-state index contributed by atoms with van der Waals surface area (Å²) in [5.41, 5.74) is 7.62. The van der Waals surface area contributed by atoms with E-state index in [0.717, 1.165) is 51.3 Å². The first-order chi connectivity index (χ1) is 9.72. The van der Waals surface area contributed by atoms with Crippen LogP contribution in [0.1, 0.15) is 19.8 Å². The fraction of sp³-hybridized carbons (Fsp3) is 0.571. The van der Waals surface area contributed by atoms with Crippen molar-refractivity contribution in [1.82, 2.24) is 15.2 Å². The second kappa shape index (κ2) is 6.98. The van der Waals surface area contributed by atoms with Crippen LogP contribution in [0.15, 0.2) is 18.5 Å². The summed E-state index contributed by atoms with van der Waals surface area (Å²) in [5, 5.41) is 2.95. The fourth-order valence-electron chi connectivity index (χ4n) is 2.32. The number of nitrogens with zero attached hydrogens (tertiary/aromatic N) is 3. The van der Waals surface area contributed by atoms with Gasteiger partial charge in [-0.1, -0.05) is 13.3 Å². The number of amides is 2. The van der Waals surface area contributed by atoms with Gasteiger partial charge in [-0.15, -0.1) is 0 Å². The summed E-state index contributed by atoms with van der Waals surface area (Å²) in [6, 6.07) is 1.97. The molecule has 1 aromatic heterocycles. The highest BCUT2D eigenvalue weighted by molar-refractivity contribution is 5.75. The van der Waals surface area contributed by atoms with Gasteiger partial charge in [0.15, 0.2) is 0 Å². The van der Waals surface area contributed by atoms with Crippen molar-refractivity contribution in [3.63, 3.8) is 0 Å². The van der Waals surface area contributed by atoms with Gasteiger partial charge >= 0.3 is 6.03 Å². The zero-order valence-electron chi connectivity index (χ0n) is 12.0. The van der Waals surface area contributed by atoms with Gasteiger partial charge in [0.1, 0.15) is 0 Å². The van der Waals surface area contributed by atoms with Crippen molar-refractivity contribution in [2.24, 2.45) is 0 Å². The molecule has 0 atom stereocenters. The molecule has 6 heteroatoms. The minimum absolute atomic E-state index is 0.0424. The molecule has 2 rings (SSSR count). The summed E-state index contributed by atoms with van der Waals surface area (Å²) < 4.78 is 0. The lowest BCUT2D eigenvalue weighted by molar-refractivity contribution is 0.194. The maximum Gasteiger partial charge on any atom is 0.317 e. The number of nitrogen functional groups attached to an aromatic ring is 1. The molecule has 1 fully saturated rings. The Morgan fingerprint density at radius 3 is 2.80 bits per heavy atom. The van der Waals surface area contributed by atoms with E-state index in [4.69, 9.17) is 5.73 Å². The van der Waals surface area contributed by atoms with Gasteiger partial charge in [0.25, 0.3) is 0 Å². The minimum atomic E-state index is 0.0424. The molecule has 0 aliphatic carbocycles. The molecule has 0 unspecified atom stereocenters. The van der Waals surface area contributed by atoms with E-state index in [-0.39, 0.29) is 6.03 Å². The van der Waals surface area contributed by atoms with Crippen LogP contribution in [-0.2, 0) is 0 Å². The number of unbranched alkanes of at least 4 members (excludes halogenated alkanes) is 1. The third-order valence-electron chi connectivity index (χ3n) is 3.54. The molecule has 2 amide bonds. The normalized spacial score (nSPS) is 15.2. The average molecular weight is 277 g/mol. The number of rotatable bonds is 4. The lowest BCUT2D eigenvalue weighted by Gasteiger charge is -2.36. The molecule has 1 aromatic rings. The van der Waals surface area contributed by atoms with Gasteiger partial charge in [-0.05, 0) is 12.5 Å². The van der Waals surface area contributed by atoms with E-state index in [1.807, 2.05) is 11.0 Å². The van der Waals surface area contributed by atoms with Crippen LogP contribution in [0.2, 0.25) is 0 Å². The zero-order chi connectivity index (χ0) is 14.4. The first-order valence-corrected chi connectivity index (χ1v) is 7.19. The smallest absolute Gasteiger partial charge is 0.317 e. The Bertz CT molecular complexity index is 443. The van der Waals surface area contributed by atoms with Crippen LogP contribution in [0.4, 0.5) is 16.2 Å². The highest BCUT2D eigenvalue weighted by atomic mass is 16.2. The molecule has 1 aliphatic heterocycles. The lowest BCUT2D eigenvalue weighted by Crippen LogP contribution is -2.52. The van der Waals surface area contributed by atoms with E-state index in [2.05, 4.69) is 22.1 Å². The third-order valence-corrected chi connectivity index (χ3v) is 3.54. The number of piperazine rings is 1. The molecule has 2 heterocycles. The Kier molecular flexibility index (Phi) is 5.03. The maximum atomic E-state index is 11.9. The number of pyridine rings is 1. The molecule has 0 bridgehead atoms. The van der Waals surface area contributed by atoms with Crippen LogP contribution in [0.25, 0.3) is 0 Å². The van der Waals surface area contributed by atoms with Crippen LogP contribution in [-0.4, -0.2) is 48.6 Å². The molecule has 20 heavy (non-hydrogen) atoms. The Morgan fingerprint density at radius 1 is 1.40 bits per heavy atom. The number of anilines is 2. The third kappa shape index (κ3) is 3.53. The van der Waals surface area contributed by atoms with Crippen molar-refractivity contribution < 1.29 is 4.79 Å². The van der Waals surface area contributed by atoms with E-state index in [1.54, 1.807) is 12.4 Å². The van der Waals surface area contributed by atoms with Crippen LogP contribution in [0.3, 0.4) is 0 Å². The monoisotopic (exact) mass is 277 g/mol. The van der Waals surface area contributed by atoms with Crippen molar-refractivity contribution >= 4 is 17.4 Å². The predicted molar refractivity (Wildman–Crippen MR) is 80.7 cm³/mol. The highest BCUT2D eigenvalue weighted by Crippen LogP contribution is 2.22. The molecule has 3 N–H and O–H groups in total. The van der Waals surface area contributed by atoms with E-state index in [9.17, 15) is 4.79 Å². The van der Waals surface area contributed by atoms with Crippen molar-refractivity contribution in [2.75, 3.05) is 43.4 Å². The van der Waals surface area contributed by atoms with Gasteiger partial charge in [0, 0.05) is 38.9 Å². The summed E-state index contributed by atoms with van der Waals surface area (Å²) in [7, 11) is 0. The predicted octanol–water partition coefficient (Wildman–Crippen LogP) is 1.30. The van der Waals surface area contributed by atoms with Crippen molar-refractivity contribution in [3.8, 4) is 0 Å². The largest absolute Gasteiger partial charge is 0.396 e. The number of aromatic nitrogens is 1. The molecule has 110 valence electrons.